The van der Waals surface area contributed by atoms with Crippen LogP contribution in [-0.2, 0) is 0 Å². The van der Waals surface area contributed by atoms with E-state index in [1.165, 1.54) is 0 Å². The maximum absolute atomic E-state index is 5.41. The molecule has 0 radical (unpaired) electrons. The molecule has 0 atom stereocenters. The largest absolute Gasteiger partial charge is 0.388 e. The highest BCUT2D eigenvalue weighted by atomic mass is 32.1. The van der Waals surface area contributed by atoms with Crippen LogP contribution in [0.25, 0.3) is 0 Å². The fraction of sp³-hybridized carbons (Fsp3) is 0.375. The molecule has 0 aliphatic carbocycles. The highest BCUT2D eigenvalue weighted by Crippen LogP contribution is 2.01. The summed E-state index contributed by atoms with van der Waals surface area (Å²) in [4.78, 5) is 8.41. The Morgan fingerprint density at radius 1 is 1.62 bits per heavy atom. The van der Waals surface area contributed by atoms with Gasteiger partial charge in [-0.15, -0.1) is 0 Å². The lowest BCUT2D eigenvalue weighted by Gasteiger charge is -2.03. The fourth-order valence-corrected chi connectivity index (χ4v) is 0.921. The van der Waals surface area contributed by atoms with Crippen LogP contribution in [0.4, 0.5) is 5.82 Å². The van der Waals surface area contributed by atoms with Crippen molar-refractivity contribution in [3.05, 3.63) is 18.1 Å². The van der Waals surface area contributed by atoms with Gasteiger partial charge in [0.15, 0.2) is 0 Å². The van der Waals surface area contributed by atoms with E-state index in [2.05, 4.69) is 22.2 Å². The molecular weight excluding hydrogens is 184 g/mol. The minimum atomic E-state index is 0.271. The predicted octanol–water partition coefficient (Wildman–Crippen LogP) is 0.933. The molecule has 1 aromatic rings. The number of thiocarbonyl (C=S) groups is 1. The number of nitrogens with zero attached hydrogens (tertiary/aromatic N) is 2. The van der Waals surface area contributed by atoms with Crippen LogP contribution in [0, 0.1) is 0 Å². The number of nitrogens with one attached hydrogen (secondary N) is 1. The minimum absolute atomic E-state index is 0.271. The molecule has 0 fully saturated rings. The lowest BCUT2D eigenvalue weighted by molar-refractivity contribution is 0.963. The number of anilines is 1. The van der Waals surface area contributed by atoms with Gasteiger partial charge in [0, 0.05) is 6.54 Å². The Morgan fingerprint density at radius 3 is 3.00 bits per heavy atom. The van der Waals surface area contributed by atoms with E-state index in [1.807, 2.05) is 0 Å². The lowest BCUT2D eigenvalue weighted by atomic mass is 10.4. The Morgan fingerprint density at radius 2 is 2.38 bits per heavy atom. The molecule has 5 heteroatoms. The van der Waals surface area contributed by atoms with Crippen LogP contribution in [0.1, 0.15) is 19.0 Å². The van der Waals surface area contributed by atoms with E-state index in [-0.39, 0.29) is 4.99 Å². The molecule has 4 nitrogen and oxygen atoms in total. The van der Waals surface area contributed by atoms with Gasteiger partial charge in [-0.2, -0.15) is 0 Å². The molecule has 0 aliphatic rings. The van der Waals surface area contributed by atoms with Crippen LogP contribution in [0.15, 0.2) is 12.4 Å². The Hall–Kier alpha value is -1.23. The van der Waals surface area contributed by atoms with Crippen LogP contribution in [0.3, 0.4) is 0 Å². The van der Waals surface area contributed by atoms with Gasteiger partial charge in [0.1, 0.15) is 16.5 Å². The SMILES string of the molecule is CCCNc1cncc(C(N)=S)n1. The maximum atomic E-state index is 5.41. The molecule has 0 unspecified atom stereocenters. The predicted molar refractivity (Wildman–Crippen MR) is 56.7 cm³/mol. The van der Waals surface area contributed by atoms with Crippen LogP contribution in [0.2, 0.25) is 0 Å². The molecule has 0 amide bonds. The molecule has 3 N–H and O–H groups in total. The van der Waals surface area contributed by atoms with E-state index in [4.69, 9.17) is 18.0 Å². The summed E-state index contributed by atoms with van der Waals surface area (Å²) in [6, 6.07) is 0. The van der Waals surface area contributed by atoms with Crippen molar-refractivity contribution < 1.29 is 0 Å². The highest BCUT2D eigenvalue weighted by molar-refractivity contribution is 7.80. The molecule has 0 bridgehead atoms. The van der Waals surface area contributed by atoms with E-state index < -0.39 is 0 Å². The number of nitrogens with two attached hydrogens (primary N) is 1. The van der Waals surface area contributed by atoms with E-state index in [9.17, 15) is 0 Å². The summed E-state index contributed by atoms with van der Waals surface area (Å²) in [5, 5.41) is 3.10. The third kappa shape index (κ3) is 2.95. The van der Waals surface area contributed by atoms with Crippen molar-refractivity contribution in [2.75, 3.05) is 11.9 Å². The second-order valence-corrected chi connectivity index (χ2v) is 3.02. The molecule has 70 valence electrons. The third-order valence-corrected chi connectivity index (χ3v) is 1.65. The average Bonchev–Trinajstić information content (AvgIpc) is 2.15. The summed E-state index contributed by atoms with van der Waals surface area (Å²) < 4.78 is 0. The molecule has 1 heterocycles. The number of hydrogen-bond acceptors (Lipinski definition) is 4. The first-order valence-electron chi connectivity index (χ1n) is 4.09. The molecule has 0 aliphatic heterocycles. The Kier molecular flexibility index (Phi) is 3.57. The summed E-state index contributed by atoms with van der Waals surface area (Å²) in [7, 11) is 0. The quantitative estimate of drug-likeness (QED) is 0.701. The van der Waals surface area contributed by atoms with Crippen molar-refractivity contribution >= 4 is 23.0 Å². The van der Waals surface area contributed by atoms with Crippen molar-refractivity contribution in [1.29, 1.82) is 0 Å². The lowest BCUT2D eigenvalue weighted by Crippen LogP contribution is -2.13. The first-order chi connectivity index (χ1) is 6.24. The van der Waals surface area contributed by atoms with E-state index in [0.717, 1.165) is 13.0 Å². The molecule has 0 saturated heterocycles. The number of rotatable bonds is 4. The Balaban J connectivity index is 2.73. The number of hydrogen-bond donors (Lipinski definition) is 2. The highest BCUT2D eigenvalue weighted by Gasteiger charge is 1.99. The minimum Gasteiger partial charge on any atom is -0.388 e. The van der Waals surface area contributed by atoms with E-state index in [0.29, 0.717) is 11.5 Å². The van der Waals surface area contributed by atoms with Crippen molar-refractivity contribution in [3.63, 3.8) is 0 Å². The number of aromatic nitrogens is 2. The zero-order valence-corrected chi connectivity index (χ0v) is 8.27. The summed E-state index contributed by atoms with van der Waals surface area (Å²) in [5.41, 5.74) is 5.96. The van der Waals surface area contributed by atoms with Gasteiger partial charge in [0.25, 0.3) is 0 Å². The topological polar surface area (TPSA) is 63.8 Å². The van der Waals surface area contributed by atoms with E-state index in [1.54, 1.807) is 12.4 Å². The van der Waals surface area contributed by atoms with E-state index >= 15 is 0 Å². The second-order valence-electron chi connectivity index (χ2n) is 2.58. The molecule has 1 aromatic heterocycles. The van der Waals surface area contributed by atoms with Crippen LogP contribution < -0.4 is 11.1 Å². The van der Waals surface area contributed by atoms with Crippen LogP contribution in [-0.4, -0.2) is 21.5 Å². The van der Waals surface area contributed by atoms with Crippen molar-refractivity contribution in [2.24, 2.45) is 5.73 Å². The van der Waals surface area contributed by atoms with Gasteiger partial charge >= 0.3 is 0 Å². The average molecular weight is 196 g/mol. The molecule has 0 saturated carbocycles. The van der Waals surface area contributed by atoms with Crippen LogP contribution >= 0.6 is 12.2 Å². The van der Waals surface area contributed by atoms with Gasteiger partial charge in [-0.05, 0) is 6.42 Å². The molecule has 13 heavy (non-hydrogen) atoms. The zero-order chi connectivity index (χ0) is 9.68. The third-order valence-electron chi connectivity index (χ3n) is 1.44. The summed E-state index contributed by atoms with van der Waals surface area (Å²) in [6.07, 6.45) is 4.25. The van der Waals surface area contributed by atoms with Crippen molar-refractivity contribution in [3.8, 4) is 0 Å². The molecule has 1 rings (SSSR count). The summed E-state index contributed by atoms with van der Waals surface area (Å²) >= 11 is 4.78. The normalized spacial score (nSPS) is 9.62. The van der Waals surface area contributed by atoms with Crippen molar-refractivity contribution in [2.45, 2.75) is 13.3 Å². The standard InChI is InChI=1S/C8H12N4S/c1-2-3-11-7-5-10-4-6(12-7)8(9)13/h4-5H,2-3H2,1H3,(H2,9,13)(H,11,12). The monoisotopic (exact) mass is 196 g/mol. The zero-order valence-electron chi connectivity index (χ0n) is 7.45. The summed E-state index contributed by atoms with van der Waals surface area (Å²) in [5.74, 6) is 0.715. The second kappa shape index (κ2) is 4.71. The van der Waals surface area contributed by atoms with Gasteiger partial charge in [0.05, 0.1) is 12.4 Å². The van der Waals surface area contributed by atoms with Gasteiger partial charge in [0.2, 0.25) is 0 Å². The van der Waals surface area contributed by atoms with Gasteiger partial charge < -0.3 is 11.1 Å². The molecular formula is C8H12N4S. The Bertz CT molecular complexity index is 300. The molecule has 0 spiro atoms. The fourth-order valence-electron chi connectivity index (χ4n) is 0.823. The molecule has 0 aromatic carbocycles. The van der Waals surface area contributed by atoms with Crippen LogP contribution in [0.5, 0.6) is 0 Å². The first kappa shape index (κ1) is 9.85. The van der Waals surface area contributed by atoms with Gasteiger partial charge in [-0.25, -0.2) is 4.98 Å². The van der Waals surface area contributed by atoms with Gasteiger partial charge in [-0.3, -0.25) is 4.98 Å². The van der Waals surface area contributed by atoms with Gasteiger partial charge in [-0.1, -0.05) is 19.1 Å². The summed E-state index contributed by atoms with van der Waals surface area (Å²) in [6.45, 7) is 2.95. The maximum Gasteiger partial charge on any atom is 0.145 e. The van der Waals surface area contributed by atoms with Crippen molar-refractivity contribution in [1.82, 2.24) is 9.97 Å². The first-order valence-corrected chi connectivity index (χ1v) is 4.50. The Labute approximate surface area is 82.6 Å². The smallest absolute Gasteiger partial charge is 0.145 e.